The summed E-state index contributed by atoms with van der Waals surface area (Å²) in [6.45, 7) is 6.82. The van der Waals surface area contributed by atoms with E-state index in [1.54, 1.807) is 6.07 Å². The minimum Gasteiger partial charge on any atom is -0.461 e. The molecule has 2 aromatic rings. The number of hydrogen-bond acceptors (Lipinski definition) is 5. The smallest absolute Gasteiger partial charge is 0.330 e. The van der Waals surface area contributed by atoms with Gasteiger partial charge in [0.05, 0.1) is 33.6 Å². The van der Waals surface area contributed by atoms with Crippen molar-refractivity contribution in [1.82, 2.24) is 9.13 Å². The zero-order chi connectivity index (χ0) is 20.1. The lowest BCUT2D eigenvalue weighted by Crippen LogP contribution is -2.27. The van der Waals surface area contributed by atoms with E-state index in [1.165, 1.54) is 9.13 Å². The van der Waals surface area contributed by atoms with Crippen LogP contribution in [0.25, 0.3) is 11.0 Å². The molecule has 1 heterocycles. The first-order valence-corrected chi connectivity index (χ1v) is 9.63. The fraction of sp³-hybridized carbons (Fsp3) is 0.235. The van der Waals surface area contributed by atoms with Crippen molar-refractivity contribution >= 4 is 66.4 Å². The van der Waals surface area contributed by atoms with Crippen LogP contribution in [0.15, 0.2) is 45.1 Å². The number of benzene rings is 1. The summed E-state index contributed by atoms with van der Waals surface area (Å²) in [6.07, 6.45) is 2.09. The molecule has 0 saturated carbocycles. The molecule has 7 nitrogen and oxygen atoms in total. The highest BCUT2D eigenvalue weighted by Crippen LogP contribution is 2.37. The Bertz CT molecular complexity index is 980. The van der Waals surface area contributed by atoms with Crippen LogP contribution in [-0.2, 0) is 32.2 Å². The van der Waals surface area contributed by atoms with Crippen LogP contribution < -0.4 is 5.69 Å². The molecule has 27 heavy (non-hydrogen) atoms. The molecule has 0 fully saturated rings. The molecule has 0 amide bonds. The predicted octanol–water partition coefficient (Wildman–Crippen LogP) is 3.44. The van der Waals surface area contributed by atoms with Crippen molar-refractivity contribution in [2.24, 2.45) is 0 Å². The number of imidazole rings is 1. The summed E-state index contributed by atoms with van der Waals surface area (Å²) in [5.74, 6) is -1.16. The summed E-state index contributed by atoms with van der Waals surface area (Å²) in [5, 5.41) is 0.327. The first-order chi connectivity index (χ1) is 12.8. The molecule has 0 radical (unpaired) electrons. The Hall–Kier alpha value is -1.84. The van der Waals surface area contributed by atoms with Crippen molar-refractivity contribution in [2.45, 2.75) is 13.1 Å². The van der Waals surface area contributed by atoms with E-state index in [9.17, 15) is 14.4 Å². The fourth-order valence-corrected chi connectivity index (χ4v) is 3.53. The Morgan fingerprint density at radius 3 is 2.11 bits per heavy atom. The number of ether oxygens (including phenoxy) is 2. The van der Waals surface area contributed by atoms with Gasteiger partial charge in [-0.1, -0.05) is 24.8 Å². The van der Waals surface area contributed by atoms with Gasteiger partial charge in [0.15, 0.2) is 0 Å². The van der Waals surface area contributed by atoms with Crippen molar-refractivity contribution in [3.05, 3.63) is 55.8 Å². The fourth-order valence-electron chi connectivity index (χ4n) is 2.40. The van der Waals surface area contributed by atoms with Crippen molar-refractivity contribution in [1.29, 1.82) is 0 Å². The summed E-state index contributed by atoms with van der Waals surface area (Å²) in [6, 6.07) is 1.73. The Balaban J connectivity index is 2.45. The van der Waals surface area contributed by atoms with Crippen molar-refractivity contribution in [2.75, 3.05) is 13.2 Å². The van der Waals surface area contributed by atoms with E-state index in [4.69, 9.17) is 21.1 Å². The number of esters is 2. The highest BCUT2D eigenvalue weighted by atomic mass is 79.9. The number of carbonyl (C=O) groups excluding carboxylic acids is 2. The van der Waals surface area contributed by atoms with Crippen molar-refractivity contribution in [3.8, 4) is 0 Å². The van der Waals surface area contributed by atoms with Crippen molar-refractivity contribution in [3.63, 3.8) is 0 Å². The first-order valence-electron chi connectivity index (χ1n) is 7.66. The SMILES string of the molecule is C=CC(=O)OCCn1c(=O)n(CCOC(=O)C=C)c2c(Cl)c(Br)c(Br)cc21. The van der Waals surface area contributed by atoms with E-state index in [2.05, 4.69) is 45.0 Å². The van der Waals surface area contributed by atoms with Crippen LogP contribution in [0.1, 0.15) is 0 Å². The highest BCUT2D eigenvalue weighted by Gasteiger charge is 2.20. The standard InChI is InChI=1S/C17H15Br2ClN2O5/c1-3-12(23)26-7-5-21-11-9-10(18)14(19)15(20)16(11)22(17(21)25)6-8-27-13(24)4-2/h3-4,9H,1-2,5-8H2. The Morgan fingerprint density at radius 1 is 1.07 bits per heavy atom. The first kappa shape index (κ1) is 21.5. The van der Waals surface area contributed by atoms with Gasteiger partial charge in [0, 0.05) is 16.6 Å². The molecule has 10 heteroatoms. The number of carbonyl (C=O) groups is 2. The molecule has 0 N–H and O–H groups in total. The van der Waals surface area contributed by atoms with Crippen LogP contribution in [0.4, 0.5) is 0 Å². The molecule has 0 unspecified atom stereocenters. The zero-order valence-corrected chi connectivity index (χ0v) is 18.0. The number of rotatable bonds is 8. The van der Waals surface area contributed by atoms with E-state index in [0.29, 0.717) is 25.0 Å². The van der Waals surface area contributed by atoms with E-state index in [-0.39, 0.29) is 32.0 Å². The summed E-state index contributed by atoms with van der Waals surface area (Å²) < 4.78 is 14.0. The van der Waals surface area contributed by atoms with Crippen LogP contribution in [0.2, 0.25) is 5.02 Å². The van der Waals surface area contributed by atoms with Crippen molar-refractivity contribution < 1.29 is 19.1 Å². The molecule has 0 saturated heterocycles. The van der Waals surface area contributed by atoms with Gasteiger partial charge in [0.25, 0.3) is 0 Å². The van der Waals surface area contributed by atoms with Gasteiger partial charge in [0.2, 0.25) is 0 Å². The second-order valence-corrected chi connectivity index (χ2v) is 7.21. The molecular formula is C17H15Br2ClN2O5. The van der Waals surface area contributed by atoms with Gasteiger partial charge in [-0.2, -0.15) is 0 Å². The molecule has 1 aromatic carbocycles. The summed E-state index contributed by atoms with van der Waals surface area (Å²) in [7, 11) is 0. The van der Waals surface area contributed by atoms with E-state index in [1.807, 2.05) is 0 Å². The van der Waals surface area contributed by atoms with Crippen LogP contribution >= 0.6 is 43.5 Å². The summed E-state index contributed by atoms with van der Waals surface area (Å²) in [5.41, 5.74) is 0.646. The molecule has 0 spiro atoms. The number of halogens is 3. The molecule has 2 rings (SSSR count). The number of fused-ring (bicyclic) bond motifs is 1. The van der Waals surface area contributed by atoms with Gasteiger partial charge >= 0.3 is 17.6 Å². The lowest BCUT2D eigenvalue weighted by atomic mass is 10.3. The quantitative estimate of drug-likeness (QED) is 0.302. The molecule has 0 atom stereocenters. The number of nitrogens with zero attached hydrogens (tertiary/aromatic N) is 2. The lowest BCUT2D eigenvalue weighted by Gasteiger charge is -2.07. The molecular weight excluding hydrogens is 507 g/mol. The maximum absolute atomic E-state index is 12.9. The molecule has 0 aliphatic carbocycles. The van der Waals surface area contributed by atoms with Crippen LogP contribution in [0.3, 0.4) is 0 Å². The van der Waals surface area contributed by atoms with Crippen LogP contribution in [0.5, 0.6) is 0 Å². The van der Waals surface area contributed by atoms with Gasteiger partial charge in [-0.3, -0.25) is 9.13 Å². The highest BCUT2D eigenvalue weighted by molar-refractivity contribution is 9.13. The molecule has 0 aliphatic rings. The Morgan fingerprint density at radius 2 is 1.59 bits per heavy atom. The van der Waals surface area contributed by atoms with E-state index in [0.717, 1.165) is 12.2 Å². The lowest BCUT2D eigenvalue weighted by molar-refractivity contribution is -0.138. The third-order valence-electron chi connectivity index (χ3n) is 3.59. The summed E-state index contributed by atoms with van der Waals surface area (Å²) >= 11 is 13.2. The average molecular weight is 523 g/mol. The average Bonchev–Trinajstić information content (AvgIpc) is 2.91. The number of hydrogen-bond donors (Lipinski definition) is 0. The summed E-state index contributed by atoms with van der Waals surface area (Å²) in [4.78, 5) is 35.3. The number of aromatic nitrogens is 2. The predicted molar refractivity (Wildman–Crippen MR) is 109 cm³/mol. The van der Waals surface area contributed by atoms with Gasteiger partial charge < -0.3 is 9.47 Å². The monoisotopic (exact) mass is 520 g/mol. The van der Waals surface area contributed by atoms with Gasteiger partial charge in [-0.15, -0.1) is 0 Å². The molecule has 0 bridgehead atoms. The molecule has 1 aromatic heterocycles. The normalized spacial score (nSPS) is 10.6. The Kier molecular flexibility index (Phi) is 7.46. The van der Waals surface area contributed by atoms with E-state index < -0.39 is 11.9 Å². The topological polar surface area (TPSA) is 79.5 Å². The second kappa shape index (κ2) is 9.38. The van der Waals surface area contributed by atoms with Crippen LogP contribution in [0, 0.1) is 0 Å². The van der Waals surface area contributed by atoms with Gasteiger partial charge in [-0.05, 0) is 37.9 Å². The largest absolute Gasteiger partial charge is 0.461 e. The minimum atomic E-state index is -0.585. The van der Waals surface area contributed by atoms with Crippen LogP contribution in [-0.4, -0.2) is 34.3 Å². The van der Waals surface area contributed by atoms with E-state index >= 15 is 0 Å². The third-order valence-corrected chi connectivity index (χ3v) is 6.17. The molecule has 0 aliphatic heterocycles. The maximum atomic E-state index is 12.9. The second-order valence-electron chi connectivity index (χ2n) is 5.18. The maximum Gasteiger partial charge on any atom is 0.330 e. The minimum absolute atomic E-state index is 0.0133. The van der Waals surface area contributed by atoms with Gasteiger partial charge in [0.1, 0.15) is 13.2 Å². The Labute approximate surface area is 176 Å². The molecule has 144 valence electrons. The van der Waals surface area contributed by atoms with Gasteiger partial charge in [-0.25, -0.2) is 14.4 Å². The zero-order valence-electron chi connectivity index (χ0n) is 14.0. The third kappa shape index (κ3) is 4.72.